The lowest BCUT2D eigenvalue weighted by Gasteiger charge is -2.01. The molecule has 0 bridgehead atoms. The Kier molecular flexibility index (Phi) is 4.46. The van der Waals surface area contributed by atoms with Crippen LogP contribution in [-0.2, 0) is 12.3 Å². The Morgan fingerprint density at radius 3 is 2.95 bits per heavy atom. The van der Waals surface area contributed by atoms with Gasteiger partial charge in [-0.1, -0.05) is 30.0 Å². The molecule has 21 heavy (non-hydrogen) atoms. The van der Waals surface area contributed by atoms with Crippen molar-refractivity contribution in [1.82, 2.24) is 25.2 Å². The summed E-state index contributed by atoms with van der Waals surface area (Å²) in [5.41, 5.74) is 2.06. The number of thiazole rings is 1. The molecule has 0 atom stereocenters. The van der Waals surface area contributed by atoms with Crippen LogP contribution in [-0.4, -0.2) is 25.2 Å². The molecule has 2 heterocycles. The van der Waals surface area contributed by atoms with Crippen LogP contribution in [0.25, 0.3) is 0 Å². The summed E-state index contributed by atoms with van der Waals surface area (Å²) in [6, 6.07) is 10.0. The molecule has 0 aliphatic rings. The smallest absolute Gasteiger partial charge is 0.209 e. The van der Waals surface area contributed by atoms with E-state index in [1.165, 1.54) is 0 Å². The number of hydrogen-bond donors (Lipinski definition) is 1. The zero-order valence-electron chi connectivity index (χ0n) is 11.4. The van der Waals surface area contributed by atoms with Crippen LogP contribution in [0, 0.1) is 0 Å². The van der Waals surface area contributed by atoms with Gasteiger partial charge >= 0.3 is 0 Å². The highest BCUT2D eigenvalue weighted by molar-refractivity contribution is 7.98. The number of nitrogens with one attached hydrogen (secondary N) is 1. The van der Waals surface area contributed by atoms with E-state index in [1.807, 2.05) is 37.3 Å². The molecule has 0 saturated carbocycles. The third-order valence-corrected chi connectivity index (χ3v) is 4.52. The minimum atomic E-state index is 0.757. The largest absolute Gasteiger partial charge is 0.332 e. The molecule has 0 spiro atoms. The highest BCUT2D eigenvalue weighted by Crippen LogP contribution is 2.25. The van der Waals surface area contributed by atoms with Crippen molar-refractivity contribution in [2.75, 3.05) is 5.32 Å². The molecule has 0 amide bonds. The first-order valence-corrected chi connectivity index (χ1v) is 8.37. The molecule has 1 N–H and O–H groups in total. The number of tetrazole rings is 1. The fourth-order valence-corrected chi connectivity index (χ4v) is 3.38. The van der Waals surface area contributed by atoms with Crippen molar-refractivity contribution in [2.24, 2.45) is 0 Å². The van der Waals surface area contributed by atoms with Crippen LogP contribution < -0.4 is 5.32 Å². The molecule has 108 valence electrons. The second-order valence-corrected chi connectivity index (χ2v) is 6.00. The van der Waals surface area contributed by atoms with E-state index in [1.54, 1.807) is 27.8 Å². The van der Waals surface area contributed by atoms with Crippen molar-refractivity contribution in [2.45, 2.75) is 24.4 Å². The minimum absolute atomic E-state index is 0.757. The molecule has 0 unspecified atom stereocenters. The summed E-state index contributed by atoms with van der Waals surface area (Å²) >= 11 is 3.19. The number of hydrogen-bond acceptors (Lipinski definition) is 7. The average Bonchev–Trinajstić information content (AvgIpc) is 3.15. The number of aromatic nitrogens is 5. The molecule has 6 nitrogen and oxygen atoms in total. The number of rotatable bonds is 6. The quantitative estimate of drug-likeness (QED) is 0.704. The van der Waals surface area contributed by atoms with Gasteiger partial charge in [0, 0.05) is 23.4 Å². The molecular formula is C13H14N6S2. The van der Waals surface area contributed by atoms with Gasteiger partial charge in [-0.05, 0) is 29.5 Å². The third kappa shape index (κ3) is 3.59. The summed E-state index contributed by atoms with van der Waals surface area (Å²) < 4.78 is 1.78. The van der Waals surface area contributed by atoms with Gasteiger partial charge in [-0.15, -0.1) is 16.4 Å². The second kappa shape index (κ2) is 6.68. The lowest BCUT2D eigenvalue weighted by Crippen LogP contribution is -1.98. The SMILES string of the molecule is CCn1nnnc1SCc1csc(Nc2ccccc2)n1. The number of para-hydroxylation sites is 1. The molecule has 0 aliphatic heterocycles. The maximum atomic E-state index is 4.57. The predicted octanol–water partition coefficient (Wildman–Crippen LogP) is 3.19. The number of thioether (sulfide) groups is 1. The Morgan fingerprint density at radius 1 is 1.29 bits per heavy atom. The van der Waals surface area contributed by atoms with E-state index < -0.39 is 0 Å². The maximum Gasteiger partial charge on any atom is 0.209 e. The van der Waals surface area contributed by atoms with Gasteiger partial charge in [0.2, 0.25) is 5.16 Å². The highest BCUT2D eigenvalue weighted by atomic mass is 32.2. The van der Waals surface area contributed by atoms with E-state index >= 15 is 0 Å². The maximum absolute atomic E-state index is 4.57. The van der Waals surface area contributed by atoms with Gasteiger partial charge in [0.25, 0.3) is 0 Å². The van der Waals surface area contributed by atoms with Gasteiger partial charge in [-0.25, -0.2) is 9.67 Å². The van der Waals surface area contributed by atoms with E-state index in [-0.39, 0.29) is 0 Å². The monoisotopic (exact) mass is 318 g/mol. The van der Waals surface area contributed by atoms with Gasteiger partial charge in [0.15, 0.2) is 5.13 Å². The van der Waals surface area contributed by atoms with Crippen molar-refractivity contribution in [3.8, 4) is 0 Å². The van der Waals surface area contributed by atoms with Crippen LogP contribution in [0.4, 0.5) is 10.8 Å². The van der Waals surface area contributed by atoms with Gasteiger partial charge in [-0.2, -0.15) is 0 Å². The summed E-state index contributed by atoms with van der Waals surface area (Å²) in [5.74, 6) is 0.757. The zero-order chi connectivity index (χ0) is 14.5. The predicted molar refractivity (Wildman–Crippen MR) is 84.9 cm³/mol. The second-order valence-electron chi connectivity index (χ2n) is 4.20. The first-order chi connectivity index (χ1) is 10.3. The standard InChI is InChI=1S/C13H14N6S2/c1-2-19-13(16-17-18-19)21-9-11-8-20-12(15-11)14-10-6-4-3-5-7-10/h3-8H,2,9H2,1H3,(H,14,15). The normalized spacial score (nSPS) is 10.7. The Balaban J connectivity index is 1.60. The highest BCUT2D eigenvalue weighted by Gasteiger charge is 2.08. The molecular weight excluding hydrogens is 304 g/mol. The van der Waals surface area contributed by atoms with Crippen LogP contribution >= 0.6 is 23.1 Å². The molecule has 0 radical (unpaired) electrons. The molecule has 0 aliphatic carbocycles. The van der Waals surface area contributed by atoms with Crippen molar-refractivity contribution >= 4 is 33.9 Å². The molecule has 8 heteroatoms. The molecule has 0 saturated heterocycles. The van der Waals surface area contributed by atoms with Gasteiger partial charge < -0.3 is 5.32 Å². The van der Waals surface area contributed by atoms with Crippen LogP contribution in [0.2, 0.25) is 0 Å². The Hall–Kier alpha value is -1.93. The number of nitrogens with zero attached hydrogens (tertiary/aromatic N) is 5. The van der Waals surface area contributed by atoms with Crippen LogP contribution in [0.15, 0.2) is 40.9 Å². The topological polar surface area (TPSA) is 68.5 Å². The van der Waals surface area contributed by atoms with Crippen LogP contribution in [0.3, 0.4) is 0 Å². The van der Waals surface area contributed by atoms with Crippen molar-refractivity contribution < 1.29 is 0 Å². The molecule has 0 fully saturated rings. The van der Waals surface area contributed by atoms with Crippen molar-refractivity contribution in [3.05, 3.63) is 41.4 Å². The van der Waals surface area contributed by atoms with Crippen LogP contribution in [0.5, 0.6) is 0 Å². The first-order valence-electron chi connectivity index (χ1n) is 6.50. The Bertz CT molecular complexity index is 694. The van der Waals surface area contributed by atoms with Gasteiger partial charge in [0.05, 0.1) is 5.69 Å². The number of anilines is 2. The zero-order valence-corrected chi connectivity index (χ0v) is 13.1. The fourth-order valence-electron chi connectivity index (χ4n) is 1.71. The number of aryl methyl sites for hydroxylation is 1. The lowest BCUT2D eigenvalue weighted by molar-refractivity contribution is 0.581. The van der Waals surface area contributed by atoms with E-state index in [0.29, 0.717) is 0 Å². The molecule has 3 aromatic rings. The van der Waals surface area contributed by atoms with E-state index in [4.69, 9.17) is 0 Å². The van der Waals surface area contributed by atoms with Crippen LogP contribution in [0.1, 0.15) is 12.6 Å². The fraction of sp³-hybridized carbons (Fsp3) is 0.231. The first kappa shape index (κ1) is 14.0. The summed E-state index contributed by atoms with van der Waals surface area (Å²) in [4.78, 5) is 4.57. The van der Waals surface area contributed by atoms with Crippen molar-refractivity contribution in [3.63, 3.8) is 0 Å². The molecule has 3 rings (SSSR count). The average molecular weight is 318 g/mol. The lowest BCUT2D eigenvalue weighted by atomic mass is 10.3. The van der Waals surface area contributed by atoms with E-state index in [0.717, 1.165) is 34.0 Å². The van der Waals surface area contributed by atoms with Gasteiger partial charge in [0.1, 0.15) is 0 Å². The number of benzene rings is 1. The van der Waals surface area contributed by atoms with Crippen molar-refractivity contribution in [1.29, 1.82) is 0 Å². The summed E-state index contributed by atoms with van der Waals surface area (Å²) in [5, 5.41) is 18.7. The van der Waals surface area contributed by atoms with Gasteiger partial charge in [-0.3, -0.25) is 0 Å². The third-order valence-electron chi connectivity index (χ3n) is 2.72. The summed E-state index contributed by atoms with van der Waals surface area (Å²) in [6.07, 6.45) is 0. The Morgan fingerprint density at radius 2 is 2.14 bits per heavy atom. The van der Waals surface area contributed by atoms with E-state index in [9.17, 15) is 0 Å². The summed E-state index contributed by atoms with van der Waals surface area (Å²) in [6.45, 7) is 2.79. The molecule has 1 aromatic carbocycles. The van der Waals surface area contributed by atoms with E-state index in [2.05, 4.69) is 31.2 Å². The minimum Gasteiger partial charge on any atom is -0.332 e. The Labute approximate surface area is 130 Å². The molecule has 2 aromatic heterocycles. The summed E-state index contributed by atoms with van der Waals surface area (Å²) in [7, 11) is 0.